The monoisotopic (exact) mass is 307 g/mol. The smallest absolute Gasteiger partial charge is 0.249 e. The lowest BCUT2D eigenvalue weighted by Gasteiger charge is -2.47. The van der Waals surface area contributed by atoms with Gasteiger partial charge in [0.1, 0.15) is 11.6 Å². The predicted octanol–water partition coefficient (Wildman–Crippen LogP) is 2.08. The van der Waals surface area contributed by atoms with Crippen LogP contribution in [0.3, 0.4) is 0 Å². The zero-order valence-corrected chi connectivity index (χ0v) is 13.1. The molecule has 2 amide bonds. The summed E-state index contributed by atoms with van der Waals surface area (Å²) in [6.07, 6.45) is 7.14. The molecular formula is C15H21N3O2S. The summed E-state index contributed by atoms with van der Waals surface area (Å²) in [6.45, 7) is 2.45. The maximum absolute atomic E-state index is 13.0. The Labute approximate surface area is 128 Å². The lowest BCUT2D eigenvalue weighted by Crippen LogP contribution is -2.70. The lowest BCUT2D eigenvalue weighted by atomic mass is 9.78. The summed E-state index contributed by atoms with van der Waals surface area (Å²) in [5.41, 5.74) is 1.12. The van der Waals surface area contributed by atoms with Gasteiger partial charge in [-0.1, -0.05) is 26.2 Å². The summed E-state index contributed by atoms with van der Waals surface area (Å²) in [6, 6.07) is -0.354. The van der Waals surface area contributed by atoms with Crippen molar-refractivity contribution in [2.24, 2.45) is 0 Å². The van der Waals surface area contributed by atoms with Crippen LogP contribution in [0.2, 0.25) is 0 Å². The number of nitrogens with one attached hydrogen (secondary N) is 1. The first kappa shape index (κ1) is 14.5. The first-order valence-corrected chi connectivity index (χ1v) is 8.55. The van der Waals surface area contributed by atoms with Gasteiger partial charge in [0.2, 0.25) is 11.8 Å². The molecule has 0 bridgehead atoms. The van der Waals surface area contributed by atoms with E-state index in [-0.39, 0.29) is 17.9 Å². The predicted molar refractivity (Wildman–Crippen MR) is 80.7 cm³/mol. The number of nitrogens with zero attached hydrogens (tertiary/aromatic N) is 2. The van der Waals surface area contributed by atoms with E-state index in [1.165, 1.54) is 11.3 Å². The van der Waals surface area contributed by atoms with Crippen molar-refractivity contribution in [3.8, 4) is 0 Å². The number of hydrogen-bond acceptors (Lipinski definition) is 4. The van der Waals surface area contributed by atoms with Crippen molar-refractivity contribution in [3.05, 3.63) is 16.6 Å². The molecule has 6 heteroatoms. The molecule has 0 radical (unpaired) electrons. The number of carbonyl (C=O) groups excluding carboxylic acids is 2. The molecule has 1 atom stereocenters. The Morgan fingerprint density at radius 2 is 2.14 bits per heavy atom. The van der Waals surface area contributed by atoms with E-state index < -0.39 is 5.54 Å². The van der Waals surface area contributed by atoms with Crippen molar-refractivity contribution in [1.29, 1.82) is 0 Å². The van der Waals surface area contributed by atoms with Gasteiger partial charge in [-0.15, -0.1) is 11.3 Å². The number of hydrogen-bond donors (Lipinski definition) is 1. The Kier molecular flexibility index (Phi) is 3.97. The maximum atomic E-state index is 13.0. The van der Waals surface area contributed by atoms with Crippen LogP contribution < -0.4 is 5.32 Å². The number of aromatic nitrogens is 1. The van der Waals surface area contributed by atoms with E-state index in [1.807, 2.05) is 6.92 Å². The van der Waals surface area contributed by atoms with E-state index >= 15 is 0 Å². The quantitative estimate of drug-likeness (QED) is 0.930. The van der Waals surface area contributed by atoms with Gasteiger partial charge in [-0.05, 0) is 19.3 Å². The van der Waals surface area contributed by atoms with Gasteiger partial charge < -0.3 is 10.2 Å². The molecule has 2 aliphatic rings. The first-order chi connectivity index (χ1) is 10.2. The number of amides is 2. The molecule has 1 aliphatic heterocycles. The fraction of sp³-hybridized carbons (Fsp3) is 0.667. The third-order valence-corrected chi connectivity index (χ3v) is 5.38. The van der Waals surface area contributed by atoms with Crippen LogP contribution in [-0.4, -0.2) is 33.3 Å². The molecule has 1 spiro atoms. The lowest BCUT2D eigenvalue weighted by molar-refractivity contribution is -0.157. The normalized spacial score (nSPS) is 25.2. The van der Waals surface area contributed by atoms with E-state index in [4.69, 9.17) is 0 Å². The minimum absolute atomic E-state index is 0.00325. The Bertz CT molecular complexity index is 523. The van der Waals surface area contributed by atoms with Gasteiger partial charge in [0.25, 0.3) is 0 Å². The summed E-state index contributed by atoms with van der Waals surface area (Å²) in [5, 5.41) is 3.05. The van der Waals surface area contributed by atoms with Crippen molar-refractivity contribution in [2.75, 3.05) is 0 Å². The Morgan fingerprint density at radius 3 is 2.76 bits per heavy atom. The van der Waals surface area contributed by atoms with Gasteiger partial charge in [-0.2, -0.15) is 0 Å². The van der Waals surface area contributed by atoms with Crippen LogP contribution in [0.1, 0.15) is 50.3 Å². The first-order valence-electron chi connectivity index (χ1n) is 7.67. The summed E-state index contributed by atoms with van der Waals surface area (Å²) in [7, 11) is 0. The van der Waals surface area contributed by atoms with Gasteiger partial charge in [0.15, 0.2) is 0 Å². The fourth-order valence-electron chi connectivity index (χ4n) is 3.50. The van der Waals surface area contributed by atoms with Gasteiger partial charge in [0.05, 0.1) is 12.1 Å². The highest BCUT2D eigenvalue weighted by Crippen LogP contribution is 2.34. The van der Waals surface area contributed by atoms with Crippen LogP contribution in [0.4, 0.5) is 0 Å². The molecule has 2 heterocycles. The average molecular weight is 307 g/mol. The highest BCUT2D eigenvalue weighted by atomic mass is 32.1. The third-order valence-electron chi connectivity index (χ3n) is 4.62. The molecule has 5 nitrogen and oxygen atoms in total. The standard InChI is InChI=1S/C15H21N3O2S/c1-2-12-13(19)17-15(6-4-3-5-7-15)14(20)18(12)9-11-8-16-10-21-11/h8,10,12H,2-7,9H2,1H3,(H,17,19). The maximum Gasteiger partial charge on any atom is 0.249 e. The molecule has 21 heavy (non-hydrogen) atoms. The summed E-state index contributed by atoms with van der Waals surface area (Å²) in [4.78, 5) is 32.4. The molecule has 3 rings (SSSR count). The van der Waals surface area contributed by atoms with Crippen LogP contribution in [0, 0.1) is 0 Å². The van der Waals surface area contributed by atoms with Gasteiger partial charge in [-0.3, -0.25) is 14.6 Å². The molecule has 1 N–H and O–H groups in total. The summed E-state index contributed by atoms with van der Waals surface area (Å²) < 4.78 is 0. The third kappa shape index (κ3) is 2.57. The average Bonchev–Trinajstić information content (AvgIpc) is 2.99. The topological polar surface area (TPSA) is 62.3 Å². The summed E-state index contributed by atoms with van der Waals surface area (Å²) >= 11 is 1.53. The largest absolute Gasteiger partial charge is 0.340 e. The molecule has 114 valence electrons. The number of rotatable bonds is 3. The molecule has 1 aromatic rings. The molecule has 0 aromatic carbocycles. The van der Waals surface area contributed by atoms with Crippen LogP contribution in [0.15, 0.2) is 11.7 Å². The van der Waals surface area contributed by atoms with Crippen molar-refractivity contribution in [1.82, 2.24) is 15.2 Å². The van der Waals surface area contributed by atoms with Crippen LogP contribution >= 0.6 is 11.3 Å². The van der Waals surface area contributed by atoms with Crippen molar-refractivity contribution < 1.29 is 9.59 Å². The minimum atomic E-state index is -0.647. The highest BCUT2D eigenvalue weighted by Gasteiger charge is 2.50. The van der Waals surface area contributed by atoms with Crippen molar-refractivity contribution in [3.63, 3.8) is 0 Å². The second kappa shape index (κ2) is 5.75. The second-order valence-corrected chi connectivity index (χ2v) is 6.93. The molecule has 1 unspecified atom stereocenters. The van der Waals surface area contributed by atoms with E-state index in [9.17, 15) is 9.59 Å². The highest BCUT2D eigenvalue weighted by molar-refractivity contribution is 7.09. The molecular weight excluding hydrogens is 286 g/mol. The fourth-order valence-corrected chi connectivity index (χ4v) is 4.09. The van der Waals surface area contributed by atoms with Crippen molar-refractivity contribution in [2.45, 2.75) is 63.6 Å². The molecule has 1 saturated heterocycles. The van der Waals surface area contributed by atoms with Gasteiger partial charge >= 0.3 is 0 Å². The molecule has 1 aromatic heterocycles. The number of piperazine rings is 1. The van der Waals surface area contributed by atoms with Gasteiger partial charge in [0, 0.05) is 11.1 Å². The van der Waals surface area contributed by atoms with E-state index in [1.54, 1.807) is 16.6 Å². The Hall–Kier alpha value is -1.43. The Balaban J connectivity index is 1.88. The van der Waals surface area contributed by atoms with Crippen molar-refractivity contribution >= 4 is 23.2 Å². The number of carbonyl (C=O) groups is 2. The number of thiazole rings is 1. The van der Waals surface area contributed by atoms with Crippen LogP contribution in [0.25, 0.3) is 0 Å². The SMILES string of the molecule is CCC1C(=O)NC2(CCCCC2)C(=O)N1Cc1cncs1. The molecule has 1 aliphatic carbocycles. The van der Waals surface area contributed by atoms with Gasteiger partial charge in [-0.25, -0.2) is 0 Å². The minimum Gasteiger partial charge on any atom is -0.340 e. The van der Waals surface area contributed by atoms with E-state index in [0.29, 0.717) is 13.0 Å². The van der Waals surface area contributed by atoms with Crippen LogP contribution in [0.5, 0.6) is 0 Å². The second-order valence-electron chi connectivity index (χ2n) is 5.96. The molecule has 1 saturated carbocycles. The van der Waals surface area contributed by atoms with E-state index in [2.05, 4.69) is 10.3 Å². The zero-order valence-electron chi connectivity index (χ0n) is 12.3. The molecule has 2 fully saturated rings. The Morgan fingerprint density at radius 1 is 1.38 bits per heavy atom. The van der Waals surface area contributed by atoms with Crippen LogP contribution in [-0.2, 0) is 16.1 Å². The van der Waals surface area contributed by atoms with E-state index in [0.717, 1.165) is 37.0 Å². The zero-order chi connectivity index (χ0) is 14.9. The summed E-state index contributed by atoms with van der Waals surface area (Å²) in [5.74, 6) is 0.102.